The molecule has 2 bridgehead atoms. The topological polar surface area (TPSA) is 120 Å². The molecule has 209 valence electrons. The number of hydrogen-bond donors (Lipinski definition) is 0. The second-order valence-corrected chi connectivity index (χ2v) is 9.69. The Morgan fingerprint density at radius 2 is 1.74 bits per heavy atom. The van der Waals surface area contributed by atoms with Gasteiger partial charge in [-0.05, 0) is 57.1 Å². The molecule has 3 rings (SSSR count). The number of allylic oxidation sites excluding steroid dienone is 1. The van der Waals surface area contributed by atoms with Crippen LogP contribution in [0.1, 0.15) is 73.1 Å². The van der Waals surface area contributed by atoms with Gasteiger partial charge in [0.1, 0.15) is 6.10 Å². The van der Waals surface area contributed by atoms with E-state index in [0.717, 1.165) is 25.6 Å². The van der Waals surface area contributed by atoms with Crippen molar-refractivity contribution in [3.05, 3.63) is 57.4 Å². The first-order valence-corrected chi connectivity index (χ1v) is 12.5. The standard InChI is InChI=1S/C13H20O2.C6H9NO.C4H5N.C4H6O2.C3H4N/c1-5-11(14)15-10-8-9-6-7-13(10,4)12(9,2)3;1-2-7-5-3-4-6(7)8;1-4(2)3-5;1-3-6-4(2)5;1-2-3-4/h5,9-10H,1,6-8H2,2-4H3;2H,1,3-5H2;1H2,2H3;3H,1H2,2H3;1-2H2/t9-,10?,13-;;;;/m1..../s1. The van der Waals surface area contributed by atoms with E-state index in [0.29, 0.717) is 29.7 Å². The molecule has 8 nitrogen and oxygen atoms in total. The third-order valence-electron chi connectivity index (χ3n) is 7.02. The van der Waals surface area contributed by atoms with Crippen molar-refractivity contribution in [2.45, 2.75) is 79.2 Å². The number of nitriles is 2. The minimum atomic E-state index is -0.329. The molecular weight excluding hydrogens is 482 g/mol. The van der Waals surface area contributed by atoms with Gasteiger partial charge in [-0.15, -0.1) is 0 Å². The second kappa shape index (κ2) is 18.6. The molecule has 2 aliphatic carbocycles. The van der Waals surface area contributed by atoms with Crippen LogP contribution in [0.3, 0.4) is 0 Å². The third-order valence-corrected chi connectivity index (χ3v) is 7.02. The summed E-state index contributed by atoms with van der Waals surface area (Å²) in [5.74, 6) is 0.319. The molecule has 1 heterocycles. The molecule has 38 heavy (non-hydrogen) atoms. The normalized spacial score (nSPS) is 22.8. The van der Waals surface area contributed by atoms with Crippen molar-refractivity contribution >= 4 is 17.8 Å². The number of likely N-dealkylation sites (tertiary alicyclic amines) is 1. The zero-order valence-corrected chi connectivity index (χ0v) is 23.8. The molecule has 1 saturated heterocycles. The van der Waals surface area contributed by atoms with Crippen LogP contribution >= 0.6 is 0 Å². The summed E-state index contributed by atoms with van der Waals surface area (Å²) in [6.45, 7) is 27.4. The molecule has 1 aliphatic heterocycles. The minimum absolute atomic E-state index is 0.0942. The van der Waals surface area contributed by atoms with Gasteiger partial charge in [-0.1, -0.05) is 47.1 Å². The predicted molar refractivity (Wildman–Crippen MR) is 148 cm³/mol. The van der Waals surface area contributed by atoms with Gasteiger partial charge in [0.25, 0.3) is 0 Å². The quantitative estimate of drug-likeness (QED) is 0.185. The zero-order valence-electron chi connectivity index (χ0n) is 23.8. The van der Waals surface area contributed by atoms with Crippen molar-refractivity contribution in [3.8, 4) is 12.1 Å². The minimum Gasteiger partial charge on any atom is -0.459 e. The molecule has 1 amide bonds. The Bertz CT molecular complexity index is 925. The molecule has 3 fully saturated rings. The number of nitrogens with zero attached hydrogens (tertiary/aromatic N) is 3. The van der Waals surface area contributed by atoms with Gasteiger partial charge >= 0.3 is 11.9 Å². The number of fused-ring (bicyclic) bond motifs is 2. The summed E-state index contributed by atoms with van der Waals surface area (Å²) in [5, 5.41) is 15.4. The Kier molecular flexibility index (Phi) is 17.8. The van der Waals surface area contributed by atoms with Gasteiger partial charge in [0, 0.05) is 43.4 Å². The highest BCUT2D eigenvalue weighted by molar-refractivity contribution is 5.81. The summed E-state index contributed by atoms with van der Waals surface area (Å²) < 4.78 is 9.64. The van der Waals surface area contributed by atoms with Crippen LogP contribution in [0.15, 0.2) is 50.4 Å². The smallest absolute Gasteiger partial charge is 0.330 e. The van der Waals surface area contributed by atoms with E-state index in [4.69, 9.17) is 15.3 Å². The van der Waals surface area contributed by atoms with Gasteiger partial charge < -0.3 is 14.4 Å². The fraction of sp³-hybridized carbons (Fsp3) is 0.533. The highest BCUT2D eigenvalue weighted by Gasteiger charge is 2.62. The Balaban J connectivity index is 0. The molecule has 3 aliphatic rings. The molecule has 1 radical (unpaired) electrons. The molecular formula is C30H44N3O5. The lowest BCUT2D eigenvalue weighted by molar-refractivity contribution is -0.150. The Labute approximate surface area is 229 Å². The van der Waals surface area contributed by atoms with Crippen LogP contribution in [0.2, 0.25) is 0 Å². The molecule has 3 atom stereocenters. The average molecular weight is 527 g/mol. The van der Waals surface area contributed by atoms with E-state index < -0.39 is 0 Å². The van der Waals surface area contributed by atoms with Gasteiger partial charge in [-0.25, -0.2) is 4.79 Å². The van der Waals surface area contributed by atoms with E-state index in [1.807, 2.05) is 12.1 Å². The lowest BCUT2D eigenvalue weighted by Gasteiger charge is -2.38. The molecule has 0 spiro atoms. The summed E-state index contributed by atoms with van der Waals surface area (Å²) in [6, 6.07) is 3.65. The van der Waals surface area contributed by atoms with Gasteiger partial charge in [0.05, 0.1) is 18.4 Å². The number of hydrogen-bond acceptors (Lipinski definition) is 7. The lowest BCUT2D eigenvalue weighted by atomic mass is 9.70. The maximum atomic E-state index is 11.3. The molecule has 2 saturated carbocycles. The molecule has 8 heteroatoms. The maximum absolute atomic E-state index is 11.3. The monoisotopic (exact) mass is 526 g/mol. The summed E-state index contributed by atoms with van der Waals surface area (Å²) in [5.41, 5.74) is 1.03. The Hall–Kier alpha value is -3.65. The first kappa shape index (κ1) is 36.5. The van der Waals surface area contributed by atoms with Crippen molar-refractivity contribution in [1.29, 1.82) is 10.5 Å². The van der Waals surface area contributed by atoms with Crippen molar-refractivity contribution in [2.24, 2.45) is 16.7 Å². The van der Waals surface area contributed by atoms with Crippen LogP contribution < -0.4 is 0 Å². The largest absolute Gasteiger partial charge is 0.459 e. The number of ether oxygens (including phenoxy) is 2. The average Bonchev–Trinajstić information content (AvgIpc) is 3.45. The second-order valence-electron chi connectivity index (χ2n) is 9.69. The predicted octanol–water partition coefficient (Wildman–Crippen LogP) is 6.20. The summed E-state index contributed by atoms with van der Waals surface area (Å²) >= 11 is 0. The van der Waals surface area contributed by atoms with E-state index in [9.17, 15) is 14.4 Å². The van der Waals surface area contributed by atoms with Crippen LogP contribution in [0, 0.1) is 46.3 Å². The van der Waals surface area contributed by atoms with E-state index in [-0.39, 0.29) is 29.4 Å². The van der Waals surface area contributed by atoms with Crippen LogP contribution in [-0.2, 0) is 23.9 Å². The third kappa shape index (κ3) is 12.1. The highest BCUT2D eigenvalue weighted by Crippen LogP contribution is 2.66. The molecule has 0 aromatic rings. The van der Waals surface area contributed by atoms with Crippen molar-refractivity contribution < 1.29 is 23.9 Å². The van der Waals surface area contributed by atoms with E-state index >= 15 is 0 Å². The van der Waals surface area contributed by atoms with Crippen LogP contribution in [-0.4, -0.2) is 35.4 Å². The maximum Gasteiger partial charge on any atom is 0.330 e. The summed E-state index contributed by atoms with van der Waals surface area (Å²) in [7, 11) is 0. The first-order valence-electron chi connectivity index (χ1n) is 12.5. The van der Waals surface area contributed by atoms with Gasteiger partial charge in [0.15, 0.2) is 0 Å². The van der Waals surface area contributed by atoms with Crippen LogP contribution in [0.25, 0.3) is 0 Å². The Morgan fingerprint density at radius 3 is 1.95 bits per heavy atom. The van der Waals surface area contributed by atoms with E-state index in [1.165, 1.54) is 25.8 Å². The molecule has 0 aromatic carbocycles. The van der Waals surface area contributed by atoms with Crippen molar-refractivity contribution in [2.75, 3.05) is 6.54 Å². The van der Waals surface area contributed by atoms with Gasteiger partial charge in [-0.3, -0.25) is 9.59 Å². The molecule has 1 unspecified atom stereocenters. The van der Waals surface area contributed by atoms with Crippen molar-refractivity contribution in [1.82, 2.24) is 4.90 Å². The van der Waals surface area contributed by atoms with Crippen LogP contribution in [0.4, 0.5) is 0 Å². The van der Waals surface area contributed by atoms with E-state index in [2.05, 4.69) is 58.7 Å². The lowest BCUT2D eigenvalue weighted by Crippen LogP contribution is -2.38. The highest BCUT2D eigenvalue weighted by atomic mass is 16.5. The fourth-order valence-electron chi connectivity index (χ4n) is 4.48. The number of rotatable bonds is 4. The number of carbonyl (C=O) groups is 3. The fourth-order valence-corrected chi connectivity index (χ4v) is 4.48. The number of esters is 2. The van der Waals surface area contributed by atoms with Crippen LogP contribution in [0.5, 0.6) is 0 Å². The molecule has 0 N–H and O–H groups in total. The SMILES string of the molecule is C=C(C)C#N.C=CC(=O)OC1C[C@H]2CC[C@@]1(C)C2(C)C.C=CN1CCCC1=O.C=COC(C)=O.[CH2]CC#N. The summed E-state index contributed by atoms with van der Waals surface area (Å²) in [6.07, 6.45) is 9.61. The number of carbonyl (C=O) groups excluding carboxylic acids is 3. The zero-order chi connectivity index (χ0) is 29.9. The van der Waals surface area contributed by atoms with Crippen molar-refractivity contribution in [3.63, 3.8) is 0 Å². The molecule has 0 aromatic heterocycles. The van der Waals surface area contributed by atoms with Gasteiger partial charge in [-0.2, -0.15) is 10.5 Å². The van der Waals surface area contributed by atoms with E-state index in [1.54, 1.807) is 18.0 Å². The Morgan fingerprint density at radius 1 is 1.18 bits per heavy atom. The first-order chi connectivity index (χ1) is 17.7. The van der Waals surface area contributed by atoms with Gasteiger partial charge in [0.2, 0.25) is 5.91 Å². The number of amides is 1. The summed E-state index contributed by atoms with van der Waals surface area (Å²) in [4.78, 5) is 33.3.